The van der Waals surface area contributed by atoms with E-state index >= 15 is 0 Å². The van der Waals surface area contributed by atoms with Crippen LogP contribution in [0.5, 0.6) is 0 Å². The monoisotopic (exact) mass is 309 g/mol. The van der Waals surface area contributed by atoms with Gasteiger partial charge in [-0.25, -0.2) is 0 Å². The molecule has 2 heterocycles. The van der Waals surface area contributed by atoms with Crippen LogP contribution < -0.4 is 5.32 Å². The van der Waals surface area contributed by atoms with Crippen molar-refractivity contribution in [3.05, 3.63) is 28.4 Å². The van der Waals surface area contributed by atoms with Crippen molar-refractivity contribution < 1.29 is 9.90 Å². The number of carboxylic acid groups (broad SMARTS) is 1. The number of carboxylic acids is 1. The van der Waals surface area contributed by atoms with Crippen molar-refractivity contribution >= 4 is 32.8 Å². The highest BCUT2D eigenvalue weighted by molar-refractivity contribution is 9.10. The van der Waals surface area contributed by atoms with Gasteiger partial charge < -0.3 is 10.4 Å². The minimum Gasteiger partial charge on any atom is -0.481 e. The number of hydrogen-bond donors (Lipinski definition) is 3. The van der Waals surface area contributed by atoms with Crippen LogP contribution in [-0.4, -0.2) is 27.8 Å². The van der Waals surface area contributed by atoms with E-state index in [-0.39, 0.29) is 12.0 Å². The molecule has 6 heteroatoms. The lowest BCUT2D eigenvalue weighted by Crippen LogP contribution is -2.17. The first-order chi connectivity index (χ1) is 8.65. The van der Waals surface area contributed by atoms with E-state index in [1.54, 1.807) is 0 Å². The number of nitrogens with one attached hydrogen (secondary N) is 2. The van der Waals surface area contributed by atoms with E-state index in [0.717, 1.165) is 21.1 Å². The minimum atomic E-state index is -0.726. The zero-order chi connectivity index (χ0) is 12.7. The van der Waals surface area contributed by atoms with Gasteiger partial charge in [-0.1, -0.05) is 6.07 Å². The lowest BCUT2D eigenvalue weighted by Gasteiger charge is -2.10. The van der Waals surface area contributed by atoms with Crippen LogP contribution >= 0.6 is 15.9 Å². The number of carbonyl (C=O) groups is 1. The van der Waals surface area contributed by atoms with Gasteiger partial charge in [-0.2, -0.15) is 5.10 Å². The number of halogens is 1. The first kappa shape index (κ1) is 11.7. The van der Waals surface area contributed by atoms with Crippen molar-refractivity contribution in [3.63, 3.8) is 0 Å². The fraction of sp³-hybridized carbons (Fsp3) is 0.333. The van der Waals surface area contributed by atoms with Crippen molar-refractivity contribution in [2.24, 2.45) is 5.92 Å². The summed E-state index contributed by atoms with van der Waals surface area (Å²) in [5, 5.41) is 20.3. The number of benzene rings is 1. The molecule has 2 unspecified atom stereocenters. The summed E-state index contributed by atoms with van der Waals surface area (Å²) in [6.45, 7) is 0.532. The van der Waals surface area contributed by atoms with E-state index in [1.807, 2.05) is 18.2 Å². The van der Waals surface area contributed by atoms with Crippen LogP contribution in [0.2, 0.25) is 0 Å². The molecule has 0 radical (unpaired) electrons. The zero-order valence-electron chi connectivity index (χ0n) is 9.48. The predicted octanol–water partition coefficient (Wildman–Crippen LogP) is 2.06. The number of aromatic nitrogens is 2. The summed E-state index contributed by atoms with van der Waals surface area (Å²) in [5.74, 6) is -1.02. The zero-order valence-corrected chi connectivity index (χ0v) is 11.1. The van der Waals surface area contributed by atoms with Crippen LogP contribution in [0.4, 0.5) is 0 Å². The third-order valence-electron chi connectivity index (χ3n) is 3.41. The summed E-state index contributed by atoms with van der Waals surface area (Å²) in [7, 11) is 0. The molecule has 0 aliphatic carbocycles. The molecule has 2 atom stereocenters. The Hall–Kier alpha value is -1.40. The van der Waals surface area contributed by atoms with Gasteiger partial charge in [0.25, 0.3) is 0 Å². The van der Waals surface area contributed by atoms with E-state index in [4.69, 9.17) is 5.11 Å². The molecule has 1 aliphatic heterocycles. The molecule has 1 aromatic carbocycles. The topological polar surface area (TPSA) is 78.0 Å². The Labute approximate surface area is 112 Å². The van der Waals surface area contributed by atoms with Crippen molar-refractivity contribution in [3.8, 4) is 0 Å². The van der Waals surface area contributed by atoms with Crippen molar-refractivity contribution in [2.45, 2.75) is 12.5 Å². The fourth-order valence-electron chi connectivity index (χ4n) is 2.39. The molecule has 0 saturated carbocycles. The molecule has 1 fully saturated rings. The molecular weight excluding hydrogens is 298 g/mol. The normalized spacial score (nSPS) is 23.6. The number of nitrogens with zero attached hydrogens (tertiary/aromatic N) is 1. The second kappa shape index (κ2) is 4.37. The number of aromatic amines is 1. The maximum atomic E-state index is 10.9. The standard InChI is InChI=1S/C12H12BrN3O2/c13-11-8-3-6(1-2-9(8)15-16-11)10-4-7(5-14-10)12(17)18/h1-3,7,10,14H,4-5H2,(H,15,16)(H,17,18). The number of fused-ring (bicyclic) bond motifs is 1. The summed E-state index contributed by atoms with van der Waals surface area (Å²) in [6, 6.07) is 6.10. The lowest BCUT2D eigenvalue weighted by molar-refractivity contribution is -0.141. The molecule has 0 bridgehead atoms. The Balaban J connectivity index is 1.91. The number of rotatable bonds is 2. The Morgan fingerprint density at radius 2 is 2.33 bits per heavy atom. The van der Waals surface area contributed by atoms with Gasteiger partial charge in [0.2, 0.25) is 0 Å². The smallest absolute Gasteiger partial charge is 0.307 e. The molecule has 0 amide bonds. The second-order valence-electron chi connectivity index (χ2n) is 4.55. The highest BCUT2D eigenvalue weighted by Gasteiger charge is 2.30. The molecule has 1 saturated heterocycles. The van der Waals surface area contributed by atoms with Crippen molar-refractivity contribution in [1.29, 1.82) is 0 Å². The van der Waals surface area contributed by atoms with Crippen LogP contribution in [-0.2, 0) is 4.79 Å². The molecule has 1 aliphatic rings. The number of H-pyrrole nitrogens is 1. The van der Waals surface area contributed by atoms with Gasteiger partial charge in [0.05, 0.1) is 11.4 Å². The van der Waals surface area contributed by atoms with E-state index in [2.05, 4.69) is 31.4 Å². The Kier molecular flexibility index (Phi) is 2.83. The van der Waals surface area contributed by atoms with Gasteiger partial charge in [0, 0.05) is 18.0 Å². The largest absolute Gasteiger partial charge is 0.481 e. The summed E-state index contributed by atoms with van der Waals surface area (Å²) in [6.07, 6.45) is 0.635. The van der Waals surface area contributed by atoms with E-state index < -0.39 is 5.97 Å². The van der Waals surface area contributed by atoms with Crippen LogP contribution in [0.1, 0.15) is 18.0 Å². The Bertz CT molecular complexity index is 610. The van der Waals surface area contributed by atoms with E-state index in [1.165, 1.54) is 0 Å². The van der Waals surface area contributed by atoms with Gasteiger partial charge >= 0.3 is 5.97 Å². The van der Waals surface area contributed by atoms with E-state index in [9.17, 15) is 4.79 Å². The predicted molar refractivity (Wildman–Crippen MR) is 70.3 cm³/mol. The first-order valence-corrected chi connectivity index (χ1v) is 6.54. The third kappa shape index (κ3) is 1.91. The summed E-state index contributed by atoms with van der Waals surface area (Å²) >= 11 is 3.41. The summed E-state index contributed by atoms with van der Waals surface area (Å²) in [5.41, 5.74) is 2.01. The lowest BCUT2D eigenvalue weighted by atomic mass is 9.99. The average Bonchev–Trinajstić information content (AvgIpc) is 2.96. The average molecular weight is 310 g/mol. The van der Waals surface area contributed by atoms with Crippen LogP contribution in [0.15, 0.2) is 22.8 Å². The molecule has 2 aromatic rings. The molecule has 1 aromatic heterocycles. The van der Waals surface area contributed by atoms with Crippen molar-refractivity contribution in [2.75, 3.05) is 6.54 Å². The van der Waals surface area contributed by atoms with Gasteiger partial charge in [0.1, 0.15) is 4.60 Å². The summed E-state index contributed by atoms with van der Waals surface area (Å²) < 4.78 is 0.854. The third-order valence-corrected chi connectivity index (χ3v) is 4.02. The molecule has 94 valence electrons. The highest BCUT2D eigenvalue weighted by atomic mass is 79.9. The maximum absolute atomic E-state index is 10.9. The van der Waals surface area contributed by atoms with Gasteiger partial charge in [-0.3, -0.25) is 9.89 Å². The van der Waals surface area contributed by atoms with Gasteiger partial charge in [0.15, 0.2) is 0 Å². The van der Waals surface area contributed by atoms with Crippen molar-refractivity contribution in [1.82, 2.24) is 15.5 Å². The molecule has 3 N–H and O–H groups in total. The number of hydrogen-bond acceptors (Lipinski definition) is 3. The molecule has 5 nitrogen and oxygen atoms in total. The van der Waals surface area contributed by atoms with Gasteiger partial charge in [-0.15, -0.1) is 0 Å². The molecule has 0 spiro atoms. The minimum absolute atomic E-state index is 0.109. The molecule has 18 heavy (non-hydrogen) atoms. The van der Waals surface area contributed by atoms with Gasteiger partial charge in [-0.05, 0) is 40.0 Å². The maximum Gasteiger partial charge on any atom is 0.307 e. The van der Waals surface area contributed by atoms with Crippen LogP contribution in [0.3, 0.4) is 0 Å². The molecule has 3 rings (SSSR count). The first-order valence-electron chi connectivity index (χ1n) is 5.75. The molecular formula is C12H12BrN3O2. The van der Waals surface area contributed by atoms with Crippen LogP contribution in [0.25, 0.3) is 10.9 Å². The quantitative estimate of drug-likeness (QED) is 0.793. The SMILES string of the molecule is O=C(O)C1CNC(c2ccc3n[nH]c(Br)c3c2)C1. The Morgan fingerprint density at radius 3 is 3.06 bits per heavy atom. The van der Waals surface area contributed by atoms with Crippen LogP contribution in [0, 0.1) is 5.92 Å². The Morgan fingerprint density at radius 1 is 1.50 bits per heavy atom. The summed E-state index contributed by atoms with van der Waals surface area (Å²) in [4.78, 5) is 10.9. The highest BCUT2D eigenvalue weighted by Crippen LogP contribution is 2.30. The van der Waals surface area contributed by atoms with E-state index in [0.29, 0.717) is 13.0 Å². The second-order valence-corrected chi connectivity index (χ2v) is 5.34. The fourth-order valence-corrected chi connectivity index (χ4v) is 2.80. The number of aliphatic carboxylic acids is 1.